The normalized spacial score (nSPS) is 32.1. The van der Waals surface area contributed by atoms with Crippen LogP contribution >= 0.6 is 0 Å². The molecule has 1 heterocycles. The van der Waals surface area contributed by atoms with E-state index in [1.165, 1.54) is 12.7 Å². The van der Waals surface area contributed by atoms with Gasteiger partial charge in [-0.15, -0.1) is 0 Å². The number of aliphatic hydroxyl groups excluding tert-OH is 1. The van der Waals surface area contributed by atoms with Crippen molar-refractivity contribution in [3.05, 3.63) is 0 Å². The molecule has 1 fully saturated rings. The Kier molecular flexibility index (Phi) is 3.55. The number of hydrogen-bond acceptors (Lipinski definition) is 2. The van der Waals surface area contributed by atoms with E-state index in [0.29, 0.717) is 5.92 Å². The summed E-state index contributed by atoms with van der Waals surface area (Å²) in [6.07, 6.45) is 2.30. The standard InChI is InChI=1S/C10H23NOSi/c1-9-5-6-11(7-10(9)12)8-13(2,3)4/h9-10,12H,5-8H2,1-4H3. The fraction of sp³-hybridized carbons (Fsp3) is 1.00. The molecule has 1 rings (SSSR count). The number of hydrogen-bond donors (Lipinski definition) is 1. The highest BCUT2D eigenvalue weighted by Crippen LogP contribution is 2.18. The van der Waals surface area contributed by atoms with Gasteiger partial charge in [0.1, 0.15) is 0 Å². The Morgan fingerprint density at radius 1 is 1.38 bits per heavy atom. The van der Waals surface area contributed by atoms with Crippen LogP contribution in [0.4, 0.5) is 0 Å². The van der Waals surface area contributed by atoms with E-state index in [4.69, 9.17) is 0 Å². The van der Waals surface area contributed by atoms with Gasteiger partial charge in [-0.25, -0.2) is 0 Å². The Bertz CT molecular complexity index is 167. The minimum atomic E-state index is -0.981. The van der Waals surface area contributed by atoms with E-state index in [2.05, 4.69) is 31.5 Å². The van der Waals surface area contributed by atoms with E-state index in [1.807, 2.05) is 0 Å². The molecule has 13 heavy (non-hydrogen) atoms. The van der Waals surface area contributed by atoms with Gasteiger partial charge in [0.05, 0.1) is 14.2 Å². The summed E-state index contributed by atoms with van der Waals surface area (Å²) >= 11 is 0. The number of rotatable bonds is 2. The maximum Gasteiger partial charge on any atom is 0.0692 e. The molecule has 0 aliphatic carbocycles. The van der Waals surface area contributed by atoms with Crippen molar-refractivity contribution in [3.8, 4) is 0 Å². The molecule has 1 saturated heterocycles. The molecule has 1 aliphatic heterocycles. The van der Waals surface area contributed by atoms with Gasteiger partial charge in [0, 0.05) is 6.54 Å². The van der Waals surface area contributed by atoms with Gasteiger partial charge in [-0.1, -0.05) is 26.6 Å². The number of likely N-dealkylation sites (tertiary alicyclic amines) is 1. The van der Waals surface area contributed by atoms with Gasteiger partial charge in [0.25, 0.3) is 0 Å². The van der Waals surface area contributed by atoms with Crippen molar-refractivity contribution in [1.82, 2.24) is 4.90 Å². The molecule has 0 radical (unpaired) electrons. The second-order valence-corrected chi connectivity index (χ2v) is 11.1. The molecule has 2 atom stereocenters. The molecule has 1 N–H and O–H groups in total. The predicted molar refractivity (Wildman–Crippen MR) is 59.6 cm³/mol. The van der Waals surface area contributed by atoms with Crippen molar-refractivity contribution in [2.75, 3.05) is 19.3 Å². The summed E-state index contributed by atoms with van der Waals surface area (Å²) < 4.78 is 0. The summed E-state index contributed by atoms with van der Waals surface area (Å²) in [6.45, 7) is 11.4. The van der Waals surface area contributed by atoms with Crippen molar-refractivity contribution in [2.24, 2.45) is 5.92 Å². The maximum atomic E-state index is 9.72. The average Bonchev–Trinajstić information content (AvgIpc) is 1.94. The van der Waals surface area contributed by atoms with Crippen LogP contribution in [-0.2, 0) is 0 Å². The second-order valence-electron chi connectivity index (χ2n) is 5.63. The van der Waals surface area contributed by atoms with Crippen LogP contribution < -0.4 is 0 Å². The zero-order valence-electron chi connectivity index (χ0n) is 9.38. The lowest BCUT2D eigenvalue weighted by atomic mass is 9.97. The van der Waals surface area contributed by atoms with Crippen molar-refractivity contribution in [1.29, 1.82) is 0 Å². The fourth-order valence-electron chi connectivity index (χ4n) is 1.93. The molecule has 0 aromatic rings. The second kappa shape index (κ2) is 4.11. The smallest absolute Gasteiger partial charge is 0.0692 e. The molecule has 1 aliphatic rings. The Balaban J connectivity index is 2.38. The lowest BCUT2D eigenvalue weighted by molar-refractivity contribution is 0.0362. The third-order valence-electron chi connectivity index (χ3n) is 2.70. The molecule has 0 aromatic heterocycles. The molecule has 0 bridgehead atoms. The summed E-state index contributed by atoms with van der Waals surface area (Å²) in [5.41, 5.74) is 0. The van der Waals surface area contributed by atoms with Crippen molar-refractivity contribution in [2.45, 2.75) is 39.1 Å². The van der Waals surface area contributed by atoms with E-state index in [9.17, 15) is 5.11 Å². The van der Waals surface area contributed by atoms with Crippen molar-refractivity contribution < 1.29 is 5.11 Å². The van der Waals surface area contributed by atoms with Gasteiger partial charge in [-0.2, -0.15) is 0 Å². The van der Waals surface area contributed by atoms with Gasteiger partial charge in [-0.05, 0) is 25.1 Å². The van der Waals surface area contributed by atoms with Crippen LogP contribution in [0, 0.1) is 5.92 Å². The number of piperidine rings is 1. The summed E-state index contributed by atoms with van der Waals surface area (Å²) in [6, 6.07) is 0. The highest BCUT2D eigenvalue weighted by Gasteiger charge is 2.27. The first-order chi connectivity index (χ1) is 5.88. The van der Waals surface area contributed by atoms with Crippen molar-refractivity contribution in [3.63, 3.8) is 0 Å². The summed E-state index contributed by atoms with van der Waals surface area (Å²) in [5, 5.41) is 9.72. The van der Waals surface area contributed by atoms with E-state index in [0.717, 1.165) is 13.0 Å². The first-order valence-electron chi connectivity index (χ1n) is 5.29. The van der Waals surface area contributed by atoms with Gasteiger partial charge >= 0.3 is 0 Å². The predicted octanol–water partition coefficient (Wildman–Crippen LogP) is 1.57. The van der Waals surface area contributed by atoms with Crippen LogP contribution in [0.2, 0.25) is 19.6 Å². The highest BCUT2D eigenvalue weighted by molar-refractivity contribution is 6.76. The summed E-state index contributed by atoms with van der Waals surface area (Å²) in [4.78, 5) is 2.44. The quantitative estimate of drug-likeness (QED) is 0.686. The SMILES string of the molecule is CC1CCN(C[Si](C)(C)C)CC1O. The molecule has 2 unspecified atom stereocenters. The average molecular weight is 201 g/mol. The van der Waals surface area contributed by atoms with Gasteiger partial charge in [0.15, 0.2) is 0 Å². The van der Waals surface area contributed by atoms with Crippen LogP contribution in [0.3, 0.4) is 0 Å². The topological polar surface area (TPSA) is 23.5 Å². The first-order valence-corrected chi connectivity index (χ1v) is 8.99. The lowest BCUT2D eigenvalue weighted by Crippen LogP contribution is -2.49. The monoisotopic (exact) mass is 201 g/mol. The highest BCUT2D eigenvalue weighted by atomic mass is 28.3. The Hall–Kier alpha value is 0.137. The Morgan fingerprint density at radius 2 is 2.00 bits per heavy atom. The van der Waals surface area contributed by atoms with E-state index < -0.39 is 8.07 Å². The zero-order chi connectivity index (χ0) is 10.1. The van der Waals surface area contributed by atoms with Crippen LogP contribution in [0.5, 0.6) is 0 Å². The third kappa shape index (κ3) is 3.79. The summed E-state index contributed by atoms with van der Waals surface area (Å²) in [7, 11) is -0.981. The minimum absolute atomic E-state index is 0.0925. The molecule has 0 saturated carbocycles. The Morgan fingerprint density at radius 3 is 2.46 bits per heavy atom. The van der Waals surface area contributed by atoms with Crippen LogP contribution in [0.25, 0.3) is 0 Å². The van der Waals surface area contributed by atoms with Crippen LogP contribution in [0.1, 0.15) is 13.3 Å². The van der Waals surface area contributed by atoms with E-state index in [1.54, 1.807) is 0 Å². The fourth-order valence-corrected chi connectivity index (χ4v) is 3.56. The van der Waals surface area contributed by atoms with Gasteiger partial charge in [-0.3, -0.25) is 0 Å². The molecule has 78 valence electrons. The largest absolute Gasteiger partial charge is 0.392 e. The lowest BCUT2D eigenvalue weighted by Gasteiger charge is -2.37. The van der Waals surface area contributed by atoms with Gasteiger partial charge in [0.2, 0.25) is 0 Å². The van der Waals surface area contributed by atoms with E-state index >= 15 is 0 Å². The Labute approximate surface area is 83.0 Å². The third-order valence-corrected chi connectivity index (χ3v) is 4.10. The first kappa shape index (κ1) is 11.2. The molecule has 0 aromatic carbocycles. The number of aliphatic hydroxyl groups is 1. The van der Waals surface area contributed by atoms with E-state index in [-0.39, 0.29) is 6.10 Å². The molecular formula is C10H23NOSi. The van der Waals surface area contributed by atoms with Crippen molar-refractivity contribution >= 4 is 8.07 Å². The number of β-amino-alcohol motifs (C(OH)–C–C–N with tert-alkyl or cyclic N) is 1. The molecular weight excluding hydrogens is 178 g/mol. The van der Waals surface area contributed by atoms with Crippen LogP contribution in [0.15, 0.2) is 0 Å². The van der Waals surface area contributed by atoms with Crippen LogP contribution in [-0.4, -0.2) is 43.4 Å². The molecule has 0 amide bonds. The molecule has 3 heteroatoms. The number of nitrogens with zero attached hydrogens (tertiary/aromatic N) is 1. The molecule has 2 nitrogen and oxygen atoms in total. The zero-order valence-corrected chi connectivity index (χ0v) is 10.4. The molecule has 0 spiro atoms. The maximum absolute atomic E-state index is 9.72. The summed E-state index contributed by atoms with van der Waals surface area (Å²) in [5.74, 6) is 0.498. The van der Waals surface area contributed by atoms with Gasteiger partial charge < -0.3 is 10.0 Å². The minimum Gasteiger partial charge on any atom is -0.392 e.